The summed E-state index contributed by atoms with van der Waals surface area (Å²) >= 11 is 0. The molecule has 2 N–H and O–H groups in total. The van der Waals surface area contributed by atoms with Gasteiger partial charge in [0, 0.05) is 18.6 Å². The molecule has 0 heterocycles. The Bertz CT molecular complexity index is 814. The fraction of sp³-hybridized carbons (Fsp3) is 0.417. The number of hydrogen-bond acceptors (Lipinski definition) is 3. The second kappa shape index (κ2) is 10.2. The first kappa shape index (κ1) is 21.1. The quantitative estimate of drug-likeness (QED) is 0.706. The van der Waals surface area contributed by atoms with Crippen molar-refractivity contribution in [2.75, 3.05) is 11.9 Å². The summed E-state index contributed by atoms with van der Waals surface area (Å²) in [5.74, 6) is -0.228. The first-order valence-corrected chi connectivity index (χ1v) is 10.5. The predicted octanol–water partition coefficient (Wildman–Crippen LogP) is 4.21. The summed E-state index contributed by atoms with van der Waals surface area (Å²) in [5.41, 5.74) is 2.26. The molecule has 2 aromatic rings. The summed E-state index contributed by atoms with van der Waals surface area (Å²) in [6, 6.07) is 17.8. The van der Waals surface area contributed by atoms with E-state index in [0.717, 1.165) is 25.7 Å². The zero-order valence-corrected chi connectivity index (χ0v) is 17.4. The van der Waals surface area contributed by atoms with Gasteiger partial charge in [0.05, 0.1) is 17.8 Å². The van der Waals surface area contributed by atoms with E-state index in [4.69, 9.17) is 0 Å². The first-order valence-electron chi connectivity index (χ1n) is 10.5. The summed E-state index contributed by atoms with van der Waals surface area (Å²) in [5, 5.41) is 6.05. The van der Waals surface area contributed by atoms with Gasteiger partial charge in [-0.05, 0) is 44.4 Å². The van der Waals surface area contributed by atoms with Crippen molar-refractivity contribution in [3.8, 4) is 0 Å². The highest BCUT2D eigenvalue weighted by molar-refractivity contribution is 6.04. The van der Waals surface area contributed by atoms with E-state index in [1.165, 1.54) is 5.56 Å². The van der Waals surface area contributed by atoms with E-state index in [1.54, 1.807) is 12.1 Å². The molecule has 0 saturated heterocycles. The summed E-state index contributed by atoms with van der Waals surface area (Å²) in [4.78, 5) is 27.6. The molecule has 1 aliphatic carbocycles. The van der Waals surface area contributed by atoms with Crippen LogP contribution >= 0.6 is 0 Å². The highest BCUT2D eigenvalue weighted by Crippen LogP contribution is 2.20. The molecule has 0 bridgehead atoms. The number of nitrogens with zero attached hydrogens (tertiary/aromatic N) is 1. The third-order valence-corrected chi connectivity index (χ3v) is 5.44. The highest BCUT2D eigenvalue weighted by atomic mass is 16.2. The van der Waals surface area contributed by atoms with Crippen LogP contribution in [0.1, 0.15) is 55.5 Å². The molecule has 0 aliphatic heterocycles. The van der Waals surface area contributed by atoms with Crippen molar-refractivity contribution < 1.29 is 9.59 Å². The Morgan fingerprint density at radius 2 is 1.66 bits per heavy atom. The molecule has 0 aromatic heterocycles. The topological polar surface area (TPSA) is 61.4 Å². The number of hydrogen-bond donors (Lipinski definition) is 2. The van der Waals surface area contributed by atoms with Gasteiger partial charge in [0.15, 0.2) is 0 Å². The molecule has 2 aromatic carbocycles. The van der Waals surface area contributed by atoms with Crippen LogP contribution in [0.5, 0.6) is 0 Å². The SMILES string of the molecule is CC(C)N(CC(=O)Nc1ccccc1C(=O)NC1CCCC1)Cc1ccccc1. The molecule has 0 atom stereocenters. The Kier molecular flexibility index (Phi) is 7.42. The van der Waals surface area contributed by atoms with Gasteiger partial charge in [-0.3, -0.25) is 14.5 Å². The summed E-state index contributed by atoms with van der Waals surface area (Å²) < 4.78 is 0. The number of para-hydroxylation sites is 1. The van der Waals surface area contributed by atoms with Gasteiger partial charge in [0.25, 0.3) is 5.91 Å². The van der Waals surface area contributed by atoms with Gasteiger partial charge < -0.3 is 10.6 Å². The van der Waals surface area contributed by atoms with E-state index in [1.807, 2.05) is 30.3 Å². The molecule has 1 fully saturated rings. The Labute approximate surface area is 173 Å². The number of amides is 2. The number of anilines is 1. The summed E-state index contributed by atoms with van der Waals surface area (Å²) in [6.07, 6.45) is 4.39. The van der Waals surface area contributed by atoms with Gasteiger partial charge in [-0.15, -0.1) is 0 Å². The lowest BCUT2D eigenvalue weighted by molar-refractivity contribution is -0.117. The molecular formula is C24H31N3O2. The van der Waals surface area contributed by atoms with Crippen molar-refractivity contribution in [2.24, 2.45) is 0 Å². The Morgan fingerprint density at radius 1 is 1.00 bits per heavy atom. The minimum Gasteiger partial charge on any atom is -0.349 e. The lowest BCUT2D eigenvalue weighted by Gasteiger charge is -2.26. The summed E-state index contributed by atoms with van der Waals surface area (Å²) in [7, 11) is 0. The van der Waals surface area contributed by atoms with Crippen molar-refractivity contribution in [1.29, 1.82) is 0 Å². The number of nitrogens with one attached hydrogen (secondary N) is 2. The molecule has 0 unspecified atom stereocenters. The first-order chi connectivity index (χ1) is 14.0. The zero-order chi connectivity index (χ0) is 20.6. The number of benzene rings is 2. The van der Waals surface area contributed by atoms with Gasteiger partial charge >= 0.3 is 0 Å². The standard InChI is InChI=1S/C24H31N3O2/c1-18(2)27(16-19-10-4-3-5-11-19)17-23(28)26-22-15-9-8-14-21(22)24(29)25-20-12-6-7-13-20/h3-5,8-11,14-15,18,20H,6-7,12-13,16-17H2,1-2H3,(H,25,29)(H,26,28). The van der Waals surface area contributed by atoms with E-state index >= 15 is 0 Å². The molecule has 2 amide bonds. The molecule has 154 valence electrons. The molecular weight excluding hydrogens is 362 g/mol. The second-order valence-electron chi connectivity index (χ2n) is 8.03. The third-order valence-electron chi connectivity index (χ3n) is 5.44. The van der Waals surface area contributed by atoms with Crippen molar-refractivity contribution in [3.63, 3.8) is 0 Å². The predicted molar refractivity (Wildman–Crippen MR) is 117 cm³/mol. The van der Waals surface area contributed by atoms with Crippen molar-refractivity contribution in [1.82, 2.24) is 10.2 Å². The largest absolute Gasteiger partial charge is 0.349 e. The molecule has 29 heavy (non-hydrogen) atoms. The minimum atomic E-state index is -0.115. The van der Waals surface area contributed by atoms with E-state index < -0.39 is 0 Å². The lowest BCUT2D eigenvalue weighted by Crippen LogP contribution is -2.38. The van der Waals surface area contributed by atoms with Crippen molar-refractivity contribution in [3.05, 3.63) is 65.7 Å². The molecule has 1 aliphatic rings. The Hall–Kier alpha value is -2.66. The van der Waals surface area contributed by atoms with Crippen LogP contribution in [0.15, 0.2) is 54.6 Å². The Morgan fingerprint density at radius 3 is 2.34 bits per heavy atom. The van der Waals surface area contributed by atoms with Gasteiger partial charge in [0.1, 0.15) is 0 Å². The molecule has 5 heteroatoms. The number of carbonyl (C=O) groups is 2. The fourth-order valence-electron chi connectivity index (χ4n) is 3.74. The monoisotopic (exact) mass is 393 g/mol. The van der Waals surface area contributed by atoms with E-state index in [9.17, 15) is 9.59 Å². The maximum atomic E-state index is 12.8. The van der Waals surface area contributed by atoms with Crippen molar-refractivity contribution >= 4 is 17.5 Å². The smallest absolute Gasteiger partial charge is 0.253 e. The van der Waals surface area contributed by atoms with Crippen LogP contribution in [0, 0.1) is 0 Å². The van der Waals surface area contributed by atoms with Crippen LogP contribution in [0.4, 0.5) is 5.69 Å². The Balaban J connectivity index is 1.64. The van der Waals surface area contributed by atoms with Crippen molar-refractivity contribution in [2.45, 2.75) is 58.2 Å². The van der Waals surface area contributed by atoms with Crippen LogP contribution in [0.25, 0.3) is 0 Å². The van der Waals surface area contributed by atoms with Gasteiger partial charge in [0.2, 0.25) is 5.91 Å². The van der Waals surface area contributed by atoms with Crippen LogP contribution in [0.3, 0.4) is 0 Å². The van der Waals surface area contributed by atoms with Crippen LogP contribution in [-0.4, -0.2) is 35.3 Å². The van der Waals surface area contributed by atoms with E-state index in [-0.39, 0.29) is 30.4 Å². The van der Waals surface area contributed by atoms with Gasteiger partial charge in [-0.25, -0.2) is 0 Å². The lowest BCUT2D eigenvalue weighted by atomic mass is 10.1. The average Bonchev–Trinajstić information content (AvgIpc) is 3.21. The van der Waals surface area contributed by atoms with Crippen LogP contribution < -0.4 is 10.6 Å². The average molecular weight is 394 g/mol. The highest BCUT2D eigenvalue weighted by Gasteiger charge is 2.21. The van der Waals surface area contributed by atoms with Crippen LogP contribution in [-0.2, 0) is 11.3 Å². The van der Waals surface area contributed by atoms with E-state index in [2.05, 4.69) is 41.5 Å². The maximum absolute atomic E-state index is 12.8. The zero-order valence-electron chi connectivity index (χ0n) is 17.4. The number of rotatable bonds is 8. The fourth-order valence-corrected chi connectivity index (χ4v) is 3.74. The molecule has 0 radical (unpaired) electrons. The molecule has 1 saturated carbocycles. The van der Waals surface area contributed by atoms with Gasteiger partial charge in [-0.2, -0.15) is 0 Å². The molecule has 3 rings (SSSR count). The maximum Gasteiger partial charge on any atom is 0.253 e. The molecule has 0 spiro atoms. The van der Waals surface area contributed by atoms with Crippen LogP contribution in [0.2, 0.25) is 0 Å². The molecule has 5 nitrogen and oxygen atoms in total. The number of carbonyl (C=O) groups excluding carboxylic acids is 2. The second-order valence-corrected chi connectivity index (χ2v) is 8.03. The van der Waals surface area contributed by atoms with Gasteiger partial charge in [-0.1, -0.05) is 55.3 Å². The third kappa shape index (κ3) is 6.16. The van der Waals surface area contributed by atoms with E-state index in [0.29, 0.717) is 17.8 Å². The minimum absolute atomic E-state index is 0.113. The summed E-state index contributed by atoms with van der Waals surface area (Å²) in [6.45, 7) is 5.14. The normalized spacial score (nSPS) is 14.3.